The number of rotatable bonds is 17. The van der Waals surface area contributed by atoms with Crippen molar-refractivity contribution in [3.8, 4) is 57.5 Å². The van der Waals surface area contributed by atoms with Gasteiger partial charge in [-0.05, 0) is 105 Å². The quantitative estimate of drug-likeness (QED) is 0.0861. The topological polar surface area (TPSA) is 134 Å². The number of aromatic nitrogens is 2. The van der Waals surface area contributed by atoms with Crippen molar-refractivity contribution < 1.29 is 47.5 Å². The minimum Gasteiger partial charge on any atom is -0.489 e. The third kappa shape index (κ3) is 11.4. The van der Waals surface area contributed by atoms with Crippen LogP contribution in [-0.2, 0) is 22.4 Å². The Kier molecular flexibility index (Phi) is 14.1. The lowest BCUT2D eigenvalue weighted by molar-refractivity contribution is -0.119. The molecule has 350 valence electrons. The highest BCUT2D eigenvalue weighted by molar-refractivity contribution is 6.32. The summed E-state index contributed by atoms with van der Waals surface area (Å²) in [4.78, 5) is 33.5. The van der Waals surface area contributed by atoms with E-state index in [1.807, 2.05) is 50.2 Å². The number of hydrogen-bond acceptors (Lipinski definition) is 12. The van der Waals surface area contributed by atoms with Gasteiger partial charge in [-0.25, -0.2) is 0 Å². The first kappa shape index (κ1) is 46.1. The summed E-state index contributed by atoms with van der Waals surface area (Å²) in [7, 11) is 0. The Morgan fingerprint density at radius 3 is 1.48 bits per heavy atom. The van der Waals surface area contributed by atoms with Gasteiger partial charge >= 0.3 is 0 Å². The molecule has 2 fully saturated rings. The number of carbonyl (C=O) groups is 2. The summed E-state index contributed by atoms with van der Waals surface area (Å²) in [5.74, 6) is 7.74. The zero-order chi connectivity index (χ0) is 46.6. The van der Waals surface area contributed by atoms with Crippen LogP contribution in [0.25, 0.3) is 21.8 Å². The number of halogens is 2. The Morgan fingerprint density at radius 2 is 1.04 bits per heavy atom. The van der Waals surface area contributed by atoms with Gasteiger partial charge in [-0.1, -0.05) is 49.2 Å². The van der Waals surface area contributed by atoms with Gasteiger partial charge in [0.1, 0.15) is 61.0 Å². The summed E-state index contributed by atoms with van der Waals surface area (Å²) in [6.07, 6.45) is 9.99. The van der Waals surface area contributed by atoms with Gasteiger partial charge in [0.2, 0.25) is 11.5 Å². The van der Waals surface area contributed by atoms with Crippen LogP contribution >= 0.6 is 23.2 Å². The maximum absolute atomic E-state index is 12.3. The average molecular weight is 950 g/mol. The molecule has 12 nitrogen and oxygen atoms in total. The van der Waals surface area contributed by atoms with Crippen molar-refractivity contribution in [2.45, 2.75) is 85.2 Å². The normalized spacial score (nSPS) is 15.0. The van der Waals surface area contributed by atoms with Crippen molar-refractivity contribution in [1.29, 1.82) is 0 Å². The molecule has 0 saturated heterocycles. The van der Waals surface area contributed by atoms with Crippen LogP contribution in [0.4, 0.5) is 0 Å². The molecule has 0 amide bonds. The lowest BCUT2D eigenvalue weighted by atomic mass is 10.0. The molecule has 10 rings (SSSR count). The lowest BCUT2D eigenvalue weighted by Crippen LogP contribution is -2.17. The summed E-state index contributed by atoms with van der Waals surface area (Å²) >= 11 is 13.0. The predicted octanol–water partition coefficient (Wildman–Crippen LogP) is 12.5. The molecule has 4 aliphatic rings. The molecule has 4 aromatic carbocycles. The molecule has 14 heteroatoms. The molecule has 0 N–H and O–H groups in total. The zero-order valence-corrected chi connectivity index (χ0v) is 39.7. The number of nitrogens with zero attached hydrogens (tertiary/aromatic N) is 2. The van der Waals surface area contributed by atoms with Crippen LogP contribution in [0.3, 0.4) is 0 Å². The minimum absolute atomic E-state index is 0.0201. The largest absolute Gasteiger partial charge is 0.489 e. The van der Waals surface area contributed by atoms with E-state index in [-0.39, 0.29) is 17.7 Å². The Hall–Kier alpha value is -5.98. The molecule has 0 bridgehead atoms. The highest BCUT2D eigenvalue weighted by Gasteiger charge is 2.28. The van der Waals surface area contributed by atoms with E-state index in [0.717, 1.165) is 36.8 Å². The smallest absolute Gasteiger partial charge is 0.204 e. The van der Waals surface area contributed by atoms with Crippen LogP contribution in [-0.4, -0.2) is 60.7 Å². The maximum Gasteiger partial charge on any atom is 0.204 e. The van der Waals surface area contributed by atoms with Crippen LogP contribution in [0, 0.1) is 17.8 Å². The highest BCUT2D eigenvalue weighted by Crippen LogP contribution is 2.50. The summed E-state index contributed by atoms with van der Waals surface area (Å²) in [5.41, 5.74) is 3.01. The molecule has 0 radical (unpaired) electrons. The SMILES string of the molecule is CC(C)COc1cc2nccc(Oc3ccc(CC(=O)CC4CC4)c(Cl)c3)c2c2c1OCCO2.CC(C)Oc1cc2nccc(Oc3ccc(CC(=O)CC4CC4)c(Cl)c3)c2c2c1OCCO2. The van der Waals surface area contributed by atoms with Crippen molar-refractivity contribution in [3.63, 3.8) is 0 Å². The second kappa shape index (κ2) is 20.5. The average Bonchev–Trinajstić information content (AvgIpc) is 4.26. The monoisotopic (exact) mass is 948 g/mol. The standard InChI is InChI=1S/C27H28ClNO5.C26H26ClNO5/c1-16(2)15-33-24-14-22-25(27-26(24)31-9-10-32-27)23(7-8-29-22)34-20-6-5-18(21(28)13-20)12-19(30)11-17-3-4-17;1-15(2)32-23-14-21-24(26-25(23)30-9-10-31-26)22(7-8-28-21)33-19-6-5-17(20(27)13-19)12-18(29)11-16-3-4-16/h5-8,13-14,16-17H,3-4,9-12,15H2,1-2H3;5-8,13-16H,3-4,9-12H2,1-2H3. The van der Waals surface area contributed by atoms with Crippen LogP contribution in [0.2, 0.25) is 10.0 Å². The molecule has 2 aromatic heterocycles. The van der Waals surface area contributed by atoms with Crippen LogP contribution in [0.1, 0.15) is 77.3 Å². The number of fused-ring (bicyclic) bond motifs is 6. The van der Waals surface area contributed by atoms with Crippen LogP contribution < -0.4 is 37.9 Å². The molecule has 2 aliphatic heterocycles. The number of pyridine rings is 2. The Labute approximate surface area is 400 Å². The minimum atomic E-state index is -0.0201. The number of benzene rings is 4. The second-order valence-electron chi connectivity index (χ2n) is 18.2. The van der Waals surface area contributed by atoms with E-state index in [0.29, 0.717) is 166 Å². The molecule has 0 atom stereocenters. The lowest BCUT2D eigenvalue weighted by Gasteiger charge is -2.24. The first-order valence-electron chi connectivity index (χ1n) is 23.1. The summed E-state index contributed by atoms with van der Waals surface area (Å²) in [5, 5.41) is 2.47. The van der Waals surface area contributed by atoms with Crippen molar-refractivity contribution in [1.82, 2.24) is 9.97 Å². The van der Waals surface area contributed by atoms with Gasteiger partial charge < -0.3 is 37.9 Å². The number of ketones is 2. The molecule has 4 heterocycles. The number of carbonyl (C=O) groups excluding carboxylic acids is 2. The van der Waals surface area contributed by atoms with Crippen LogP contribution in [0.5, 0.6) is 57.5 Å². The molecular formula is C53H54Cl2N2O10. The van der Waals surface area contributed by atoms with Crippen molar-refractivity contribution in [2.75, 3.05) is 33.0 Å². The highest BCUT2D eigenvalue weighted by atomic mass is 35.5. The molecule has 0 spiro atoms. The molecule has 0 unspecified atom stereocenters. The molecule has 6 aromatic rings. The van der Waals surface area contributed by atoms with Crippen molar-refractivity contribution in [2.24, 2.45) is 17.8 Å². The molecular weight excluding hydrogens is 895 g/mol. The second-order valence-corrected chi connectivity index (χ2v) is 19.0. The fraction of sp³-hybridized carbons (Fsp3) is 0.396. The fourth-order valence-corrected chi connectivity index (χ4v) is 8.48. The van der Waals surface area contributed by atoms with Gasteiger partial charge in [-0.2, -0.15) is 0 Å². The summed E-state index contributed by atoms with van der Waals surface area (Å²) in [6, 6.07) is 18.1. The third-order valence-electron chi connectivity index (χ3n) is 11.5. The summed E-state index contributed by atoms with van der Waals surface area (Å²) in [6.45, 7) is 10.4. The molecule has 67 heavy (non-hydrogen) atoms. The Balaban J connectivity index is 0.000000168. The zero-order valence-electron chi connectivity index (χ0n) is 38.2. The third-order valence-corrected chi connectivity index (χ3v) is 12.2. The van der Waals surface area contributed by atoms with E-state index >= 15 is 0 Å². The van der Waals surface area contributed by atoms with E-state index in [2.05, 4.69) is 23.8 Å². The molecule has 2 saturated carbocycles. The maximum atomic E-state index is 12.3. The van der Waals surface area contributed by atoms with E-state index in [9.17, 15) is 9.59 Å². The van der Waals surface area contributed by atoms with E-state index in [1.54, 1.807) is 36.7 Å². The fourth-order valence-electron chi connectivity index (χ4n) is 8.00. The van der Waals surface area contributed by atoms with Gasteiger partial charge in [0.05, 0.1) is 34.5 Å². The number of ether oxygens (including phenoxy) is 8. The van der Waals surface area contributed by atoms with Gasteiger partial charge in [-0.15, -0.1) is 0 Å². The molecule has 2 aliphatic carbocycles. The predicted molar refractivity (Wildman–Crippen MR) is 257 cm³/mol. The first-order chi connectivity index (χ1) is 32.4. The Bertz CT molecular complexity index is 2810. The first-order valence-corrected chi connectivity index (χ1v) is 23.9. The number of Topliss-reactive ketones (excluding diaryl/α,β-unsaturated/α-hetero) is 2. The van der Waals surface area contributed by atoms with Gasteiger partial charge in [0, 0.05) is 60.3 Å². The van der Waals surface area contributed by atoms with E-state index < -0.39 is 0 Å². The Morgan fingerprint density at radius 1 is 0.597 bits per heavy atom. The van der Waals surface area contributed by atoms with E-state index in [4.69, 9.17) is 61.1 Å². The van der Waals surface area contributed by atoms with Gasteiger partial charge in [0.25, 0.3) is 0 Å². The van der Waals surface area contributed by atoms with Gasteiger partial charge in [0.15, 0.2) is 23.0 Å². The van der Waals surface area contributed by atoms with Crippen molar-refractivity contribution in [3.05, 3.63) is 94.2 Å². The van der Waals surface area contributed by atoms with Crippen molar-refractivity contribution >= 4 is 56.6 Å². The van der Waals surface area contributed by atoms with Crippen LogP contribution in [0.15, 0.2) is 73.1 Å². The van der Waals surface area contributed by atoms with E-state index in [1.165, 1.54) is 0 Å². The van der Waals surface area contributed by atoms with Gasteiger partial charge in [-0.3, -0.25) is 19.6 Å². The summed E-state index contributed by atoms with van der Waals surface area (Å²) < 4.78 is 48.1. The number of hydrogen-bond donors (Lipinski definition) is 0.